The molecular weight excluding hydrogens is 200 g/mol. The van der Waals surface area contributed by atoms with Gasteiger partial charge in [-0.25, -0.2) is 4.79 Å². The smallest absolute Gasteiger partial charge is 0.318 e. The van der Waals surface area contributed by atoms with E-state index in [0.717, 1.165) is 25.8 Å². The lowest BCUT2D eigenvalue weighted by atomic mass is 9.91. The van der Waals surface area contributed by atoms with E-state index in [1.165, 1.54) is 12.8 Å². The summed E-state index contributed by atoms with van der Waals surface area (Å²) >= 11 is 5.64. The number of nitrogens with one attached hydrogen (secondary N) is 1. The first kappa shape index (κ1) is 10.1. The van der Waals surface area contributed by atoms with Crippen LogP contribution in [0, 0.1) is 0 Å². The average molecular weight is 217 g/mol. The van der Waals surface area contributed by atoms with Crippen molar-refractivity contribution in [2.24, 2.45) is 0 Å². The number of hydrogen-bond acceptors (Lipinski definition) is 1. The molecule has 0 aromatic heterocycles. The van der Waals surface area contributed by atoms with Crippen LogP contribution in [0.1, 0.15) is 32.1 Å². The van der Waals surface area contributed by atoms with Crippen molar-refractivity contribution in [3.8, 4) is 0 Å². The fourth-order valence-corrected chi connectivity index (χ4v) is 2.66. The highest BCUT2D eigenvalue weighted by Crippen LogP contribution is 2.27. The first-order valence-corrected chi connectivity index (χ1v) is 5.99. The average Bonchev–Trinajstić information content (AvgIpc) is 2.51. The van der Waals surface area contributed by atoms with Gasteiger partial charge in [0.25, 0.3) is 0 Å². The highest BCUT2D eigenvalue weighted by Gasteiger charge is 2.39. The standard InChI is InChI=1S/C10H17ClN2O/c11-6-3-7-13-9-5-2-1-4-8(9)12-10(13)14/h8-9H,1-7H2,(H,12,14). The molecule has 1 heterocycles. The molecule has 2 amide bonds. The molecule has 4 heteroatoms. The van der Waals surface area contributed by atoms with Gasteiger partial charge in [0.1, 0.15) is 0 Å². The highest BCUT2D eigenvalue weighted by atomic mass is 35.5. The second kappa shape index (κ2) is 4.39. The van der Waals surface area contributed by atoms with Crippen LogP contribution in [-0.2, 0) is 0 Å². The highest BCUT2D eigenvalue weighted by molar-refractivity contribution is 6.17. The summed E-state index contributed by atoms with van der Waals surface area (Å²) in [5.41, 5.74) is 0. The SMILES string of the molecule is O=C1NC2CCCCC2N1CCCCl. The summed E-state index contributed by atoms with van der Waals surface area (Å²) in [6.07, 6.45) is 5.72. The number of amides is 2. The molecule has 2 aliphatic rings. The van der Waals surface area contributed by atoms with E-state index in [9.17, 15) is 4.79 Å². The third-order valence-electron chi connectivity index (χ3n) is 3.23. The first-order valence-electron chi connectivity index (χ1n) is 5.46. The Kier molecular flexibility index (Phi) is 3.16. The van der Waals surface area contributed by atoms with Crippen LogP contribution in [-0.4, -0.2) is 35.4 Å². The molecule has 0 bridgehead atoms. The zero-order valence-corrected chi connectivity index (χ0v) is 9.09. The Balaban J connectivity index is 1.96. The minimum atomic E-state index is 0.118. The summed E-state index contributed by atoms with van der Waals surface area (Å²) in [6, 6.07) is 0.970. The molecule has 0 spiro atoms. The van der Waals surface area contributed by atoms with Crippen LogP contribution in [0.25, 0.3) is 0 Å². The van der Waals surface area contributed by atoms with Crippen LogP contribution >= 0.6 is 11.6 Å². The van der Waals surface area contributed by atoms with Crippen molar-refractivity contribution in [1.29, 1.82) is 0 Å². The van der Waals surface area contributed by atoms with Gasteiger partial charge >= 0.3 is 6.03 Å². The molecule has 2 fully saturated rings. The van der Waals surface area contributed by atoms with Crippen LogP contribution in [0.3, 0.4) is 0 Å². The Labute approximate surface area is 89.8 Å². The number of fused-ring (bicyclic) bond motifs is 1. The molecular formula is C10H17ClN2O. The van der Waals surface area contributed by atoms with E-state index in [1.807, 2.05) is 4.90 Å². The van der Waals surface area contributed by atoms with Gasteiger partial charge in [0.15, 0.2) is 0 Å². The summed E-state index contributed by atoms with van der Waals surface area (Å²) in [7, 11) is 0. The number of rotatable bonds is 3. The summed E-state index contributed by atoms with van der Waals surface area (Å²) in [4.78, 5) is 13.6. The van der Waals surface area contributed by atoms with Crippen molar-refractivity contribution in [2.45, 2.75) is 44.2 Å². The molecule has 1 saturated carbocycles. The van der Waals surface area contributed by atoms with E-state index in [0.29, 0.717) is 18.0 Å². The van der Waals surface area contributed by atoms with Crippen molar-refractivity contribution >= 4 is 17.6 Å². The number of halogens is 1. The molecule has 1 aliphatic carbocycles. The lowest BCUT2D eigenvalue weighted by Gasteiger charge is -2.29. The maximum atomic E-state index is 11.6. The summed E-state index contributed by atoms with van der Waals surface area (Å²) < 4.78 is 0. The molecule has 1 aliphatic heterocycles. The van der Waals surface area contributed by atoms with Gasteiger partial charge in [-0.3, -0.25) is 0 Å². The van der Waals surface area contributed by atoms with Gasteiger partial charge in [0.2, 0.25) is 0 Å². The van der Waals surface area contributed by atoms with Crippen molar-refractivity contribution in [2.75, 3.05) is 12.4 Å². The minimum Gasteiger partial charge on any atom is -0.333 e. The number of carbonyl (C=O) groups excluding carboxylic acids is 1. The molecule has 0 radical (unpaired) electrons. The van der Waals surface area contributed by atoms with Gasteiger partial charge in [-0.1, -0.05) is 12.8 Å². The van der Waals surface area contributed by atoms with Gasteiger partial charge in [0.05, 0.1) is 12.1 Å². The topological polar surface area (TPSA) is 32.3 Å². The molecule has 2 unspecified atom stereocenters. The lowest BCUT2D eigenvalue weighted by Crippen LogP contribution is -2.39. The number of hydrogen-bond donors (Lipinski definition) is 1. The molecule has 80 valence electrons. The maximum absolute atomic E-state index is 11.6. The maximum Gasteiger partial charge on any atom is 0.318 e. The van der Waals surface area contributed by atoms with Crippen LogP contribution < -0.4 is 5.32 Å². The molecule has 0 aromatic carbocycles. The first-order chi connectivity index (χ1) is 6.83. The third-order valence-corrected chi connectivity index (χ3v) is 3.50. The van der Waals surface area contributed by atoms with Crippen molar-refractivity contribution in [3.05, 3.63) is 0 Å². The zero-order chi connectivity index (χ0) is 9.97. The Bertz CT molecular complexity index is 222. The number of carbonyl (C=O) groups is 1. The fraction of sp³-hybridized carbons (Fsp3) is 0.900. The number of nitrogens with zero attached hydrogens (tertiary/aromatic N) is 1. The predicted octanol–water partition coefficient (Wildman–Crippen LogP) is 1.95. The molecule has 2 atom stereocenters. The number of alkyl halides is 1. The van der Waals surface area contributed by atoms with E-state index in [-0.39, 0.29) is 6.03 Å². The Hall–Kier alpha value is -0.440. The van der Waals surface area contributed by atoms with E-state index in [1.54, 1.807) is 0 Å². The van der Waals surface area contributed by atoms with Gasteiger partial charge in [-0.2, -0.15) is 0 Å². The molecule has 1 saturated heterocycles. The monoisotopic (exact) mass is 216 g/mol. The Morgan fingerprint density at radius 2 is 2.21 bits per heavy atom. The predicted molar refractivity (Wildman–Crippen MR) is 56.6 cm³/mol. The van der Waals surface area contributed by atoms with Crippen LogP contribution in [0.4, 0.5) is 4.79 Å². The van der Waals surface area contributed by atoms with Crippen molar-refractivity contribution < 1.29 is 4.79 Å². The van der Waals surface area contributed by atoms with E-state index >= 15 is 0 Å². The molecule has 3 nitrogen and oxygen atoms in total. The quantitative estimate of drug-likeness (QED) is 0.719. The summed E-state index contributed by atoms with van der Waals surface area (Å²) in [5, 5.41) is 3.06. The van der Waals surface area contributed by atoms with E-state index < -0.39 is 0 Å². The lowest BCUT2D eigenvalue weighted by molar-refractivity contribution is 0.191. The van der Waals surface area contributed by atoms with Gasteiger partial charge < -0.3 is 10.2 Å². The molecule has 0 aromatic rings. The minimum absolute atomic E-state index is 0.118. The van der Waals surface area contributed by atoms with Crippen molar-refractivity contribution in [3.63, 3.8) is 0 Å². The molecule has 1 N–H and O–H groups in total. The fourth-order valence-electron chi connectivity index (χ4n) is 2.54. The zero-order valence-electron chi connectivity index (χ0n) is 8.34. The third kappa shape index (κ3) is 1.83. The Morgan fingerprint density at radius 1 is 1.43 bits per heavy atom. The van der Waals surface area contributed by atoms with Crippen molar-refractivity contribution in [1.82, 2.24) is 10.2 Å². The number of urea groups is 1. The second-order valence-corrected chi connectivity index (χ2v) is 4.52. The van der Waals surface area contributed by atoms with Gasteiger partial charge in [-0.15, -0.1) is 11.6 Å². The Morgan fingerprint density at radius 3 is 3.00 bits per heavy atom. The van der Waals surface area contributed by atoms with E-state index in [2.05, 4.69) is 5.32 Å². The van der Waals surface area contributed by atoms with E-state index in [4.69, 9.17) is 11.6 Å². The summed E-state index contributed by atoms with van der Waals surface area (Å²) in [6.45, 7) is 0.816. The van der Waals surface area contributed by atoms with Crippen LogP contribution in [0.2, 0.25) is 0 Å². The summed E-state index contributed by atoms with van der Waals surface area (Å²) in [5.74, 6) is 0.640. The molecule has 2 rings (SSSR count). The largest absolute Gasteiger partial charge is 0.333 e. The van der Waals surface area contributed by atoms with Crippen LogP contribution in [0.15, 0.2) is 0 Å². The molecule has 14 heavy (non-hydrogen) atoms. The van der Waals surface area contributed by atoms with Gasteiger partial charge in [-0.05, 0) is 19.3 Å². The normalized spacial score (nSPS) is 31.5. The van der Waals surface area contributed by atoms with Crippen LogP contribution in [0.5, 0.6) is 0 Å². The van der Waals surface area contributed by atoms with Gasteiger partial charge in [0, 0.05) is 12.4 Å². The second-order valence-electron chi connectivity index (χ2n) is 4.14.